The van der Waals surface area contributed by atoms with E-state index < -0.39 is 5.60 Å². The summed E-state index contributed by atoms with van der Waals surface area (Å²) in [5.41, 5.74) is 1.91. The Balaban J connectivity index is 2.16. The summed E-state index contributed by atoms with van der Waals surface area (Å²) < 4.78 is 13.2. The Morgan fingerprint density at radius 3 is 2.29 bits per heavy atom. The van der Waals surface area contributed by atoms with Crippen LogP contribution in [0, 0.1) is 5.82 Å². The number of allylic oxidation sites excluding steroid dienone is 1. The Bertz CT molecular complexity index is 560. The molecular weight excluding hydrogens is 301 g/mol. The van der Waals surface area contributed by atoms with Crippen molar-refractivity contribution in [2.45, 2.75) is 70.9 Å². The van der Waals surface area contributed by atoms with Crippen LogP contribution < -0.4 is 0 Å². The maximum atomic E-state index is 13.2. The molecule has 2 nitrogen and oxygen atoms in total. The molecule has 1 aromatic carbocycles. The van der Waals surface area contributed by atoms with Crippen molar-refractivity contribution in [3.8, 4) is 0 Å². The zero-order valence-corrected chi connectivity index (χ0v) is 15.8. The molecular formula is C21H32FNO. The van der Waals surface area contributed by atoms with Crippen molar-refractivity contribution < 1.29 is 9.50 Å². The van der Waals surface area contributed by atoms with Crippen LogP contribution in [-0.4, -0.2) is 34.7 Å². The van der Waals surface area contributed by atoms with E-state index in [4.69, 9.17) is 0 Å². The molecule has 0 saturated carbocycles. The Morgan fingerprint density at radius 1 is 1.25 bits per heavy atom. The largest absolute Gasteiger partial charge is 0.390 e. The number of aliphatic hydroxyl groups is 1. The molecule has 1 unspecified atom stereocenters. The normalized spacial score (nSPS) is 19.8. The molecule has 0 spiro atoms. The van der Waals surface area contributed by atoms with Gasteiger partial charge in [0.1, 0.15) is 5.82 Å². The molecule has 1 saturated heterocycles. The first kappa shape index (κ1) is 19.1. The molecule has 0 aliphatic carbocycles. The zero-order chi connectivity index (χ0) is 18.0. The van der Waals surface area contributed by atoms with Crippen molar-refractivity contribution in [3.63, 3.8) is 0 Å². The summed E-state index contributed by atoms with van der Waals surface area (Å²) in [7, 11) is 0. The third-order valence-electron chi connectivity index (χ3n) is 5.22. The summed E-state index contributed by atoms with van der Waals surface area (Å²) in [6.07, 6.45) is 4.95. The summed E-state index contributed by atoms with van der Waals surface area (Å²) in [6.45, 7) is 12.5. The van der Waals surface area contributed by atoms with Gasteiger partial charge >= 0.3 is 0 Å². The molecule has 0 bridgehead atoms. The van der Waals surface area contributed by atoms with Gasteiger partial charge in [-0.15, -0.1) is 0 Å². The molecule has 1 atom stereocenters. The van der Waals surface area contributed by atoms with Crippen molar-refractivity contribution in [3.05, 3.63) is 47.3 Å². The van der Waals surface area contributed by atoms with Crippen LogP contribution in [0.5, 0.6) is 0 Å². The van der Waals surface area contributed by atoms with Crippen LogP contribution in [0.4, 0.5) is 4.39 Å². The van der Waals surface area contributed by atoms with E-state index >= 15 is 0 Å². The van der Waals surface area contributed by atoms with Gasteiger partial charge in [-0.2, -0.15) is 0 Å². The number of hydrogen-bond acceptors (Lipinski definition) is 2. The highest BCUT2D eigenvalue weighted by molar-refractivity contribution is 5.25. The predicted octanol–water partition coefficient (Wildman–Crippen LogP) is 4.68. The minimum Gasteiger partial charge on any atom is -0.390 e. The van der Waals surface area contributed by atoms with Gasteiger partial charge in [-0.25, -0.2) is 4.39 Å². The molecule has 0 aromatic heterocycles. The van der Waals surface area contributed by atoms with Crippen LogP contribution in [0.25, 0.3) is 0 Å². The molecule has 0 radical (unpaired) electrons. The van der Waals surface area contributed by atoms with Gasteiger partial charge in [-0.05, 0) is 63.1 Å². The molecule has 2 rings (SSSR count). The van der Waals surface area contributed by atoms with E-state index in [2.05, 4.69) is 38.7 Å². The number of nitrogens with zero attached hydrogens (tertiary/aromatic N) is 1. The van der Waals surface area contributed by atoms with E-state index in [1.807, 2.05) is 19.1 Å². The topological polar surface area (TPSA) is 23.5 Å². The monoisotopic (exact) mass is 333 g/mol. The minimum absolute atomic E-state index is 0.0374. The lowest BCUT2D eigenvalue weighted by molar-refractivity contribution is -0.0140. The first-order valence-corrected chi connectivity index (χ1v) is 8.97. The third kappa shape index (κ3) is 5.15. The van der Waals surface area contributed by atoms with Gasteiger partial charge in [0.05, 0.1) is 5.60 Å². The summed E-state index contributed by atoms with van der Waals surface area (Å²) in [5.74, 6) is -0.186. The minimum atomic E-state index is -0.529. The van der Waals surface area contributed by atoms with Gasteiger partial charge in [0.2, 0.25) is 0 Å². The quantitative estimate of drug-likeness (QED) is 0.791. The molecule has 134 valence electrons. The molecule has 1 fully saturated rings. The highest BCUT2D eigenvalue weighted by Gasteiger charge is 2.33. The Hall–Kier alpha value is -1.19. The average molecular weight is 333 g/mol. The maximum Gasteiger partial charge on any atom is 0.123 e. The smallest absolute Gasteiger partial charge is 0.123 e. The van der Waals surface area contributed by atoms with Gasteiger partial charge in [0.15, 0.2) is 0 Å². The van der Waals surface area contributed by atoms with E-state index in [0.29, 0.717) is 6.04 Å². The van der Waals surface area contributed by atoms with Crippen LogP contribution >= 0.6 is 0 Å². The predicted molar refractivity (Wildman–Crippen MR) is 98.7 cm³/mol. The van der Waals surface area contributed by atoms with Crippen molar-refractivity contribution >= 4 is 0 Å². The lowest BCUT2D eigenvalue weighted by Crippen LogP contribution is -2.48. The Morgan fingerprint density at radius 2 is 1.79 bits per heavy atom. The van der Waals surface area contributed by atoms with Gasteiger partial charge in [0.25, 0.3) is 0 Å². The highest BCUT2D eigenvalue weighted by atomic mass is 19.1. The van der Waals surface area contributed by atoms with Crippen LogP contribution in [0.15, 0.2) is 35.9 Å². The van der Waals surface area contributed by atoms with Crippen molar-refractivity contribution in [2.75, 3.05) is 13.1 Å². The number of rotatable bonds is 5. The number of likely N-dealkylation sites (tertiary alicyclic amines) is 1. The summed E-state index contributed by atoms with van der Waals surface area (Å²) in [6, 6.07) is 7.23. The van der Waals surface area contributed by atoms with E-state index in [-0.39, 0.29) is 11.2 Å². The average Bonchev–Trinajstić information content (AvgIpc) is 2.46. The summed E-state index contributed by atoms with van der Waals surface area (Å²) >= 11 is 0. The van der Waals surface area contributed by atoms with Crippen LogP contribution in [0.2, 0.25) is 0 Å². The molecule has 1 aromatic rings. The van der Waals surface area contributed by atoms with Crippen molar-refractivity contribution in [1.82, 2.24) is 4.90 Å². The van der Waals surface area contributed by atoms with Crippen molar-refractivity contribution in [2.24, 2.45) is 0 Å². The fourth-order valence-corrected chi connectivity index (χ4v) is 3.56. The lowest BCUT2D eigenvalue weighted by Gasteiger charge is -2.42. The van der Waals surface area contributed by atoms with E-state index in [1.165, 1.54) is 11.1 Å². The van der Waals surface area contributed by atoms with E-state index in [9.17, 15) is 9.50 Å². The summed E-state index contributed by atoms with van der Waals surface area (Å²) in [4.78, 5) is 2.48. The van der Waals surface area contributed by atoms with E-state index in [1.54, 1.807) is 12.1 Å². The second-order valence-electron chi connectivity index (χ2n) is 8.44. The molecule has 1 heterocycles. The summed E-state index contributed by atoms with van der Waals surface area (Å²) in [5, 5.41) is 10.2. The highest BCUT2D eigenvalue weighted by Crippen LogP contribution is 2.33. The van der Waals surface area contributed by atoms with Crippen LogP contribution in [0.1, 0.15) is 59.4 Å². The third-order valence-corrected chi connectivity index (χ3v) is 5.22. The number of benzene rings is 1. The second kappa shape index (κ2) is 7.37. The van der Waals surface area contributed by atoms with Crippen molar-refractivity contribution in [1.29, 1.82) is 0 Å². The Kier molecular flexibility index (Phi) is 5.87. The fraction of sp³-hybridized carbons (Fsp3) is 0.619. The molecule has 24 heavy (non-hydrogen) atoms. The van der Waals surface area contributed by atoms with Gasteiger partial charge in [0, 0.05) is 19.1 Å². The van der Waals surface area contributed by atoms with Gasteiger partial charge in [-0.1, -0.05) is 37.6 Å². The SMILES string of the molecule is CC(C)=CC(CC(C)(C)c1ccc(F)cc1)N1CCC(C)(O)CC1. The first-order chi connectivity index (χ1) is 11.1. The molecule has 0 amide bonds. The van der Waals surface area contributed by atoms with Crippen LogP contribution in [-0.2, 0) is 5.41 Å². The van der Waals surface area contributed by atoms with Gasteiger partial charge < -0.3 is 5.11 Å². The first-order valence-electron chi connectivity index (χ1n) is 8.97. The Labute approximate surface area is 146 Å². The number of hydrogen-bond donors (Lipinski definition) is 1. The lowest BCUT2D eigenvalue weighted by atomic mass is 9.78. The maximum absolute atomic E-state index is 13.2. The number of piperidine rings is 1. The number of halogens is 1. The second-order valence-corrected chi connectivity index (χ2v) is 8.44. The molecule has 1 aliphatic rings. The zero-order valence-electron chi connectivity index (χ0n) is 15.8. The van der Waals surface area contributed by atoms with Gasteiger partial charge in [-0.3, -0.25) is 4.90 Å². The fourth-order valence-electron chi connectivity index (χ4n) is 3.56. The molecule has 3 heteroatoms. The molecule has 1 N–H and O–H groups in total. The standard InChI is InChI=1S/C21H32FNO/c1-16(2)14-19(23-12-10-21(5,24)11-13-23)15-20(3,4)17-6-8-18(22)9-7-17/h6-9,14,19,24H,10-13,15H2,1-5H3. The van der Waals surface area contributed by atoms with Crippen LogP contribution in [0.3, 0.4) is 0 Å². The van der Waals surface area contributed by atoms with E-state index in [0.717, 1.165) is 32.4 Å². The molecule has 1 aliphatic heterocycles.